The molecule has 1 aromatic carbocycles. The third-order valence-electron chi connectivity index (χ3n) is 3.68. The Labute approximate surface area is 108 Å². The van der Waals surface area contributed by atoms with Gasteiger partial charge in [-0.3, -0.25) is 4.98 Å². The second-order valence-electron chi connectivity index (χ2n) is 4.97. The summed E-state index contributed by atoms with van der Waals surface area (Å²) in [7, 11) is 0. The summed E-state index contributed by atoms with van der Waals surface area (Å²) in [4.78, 5) is 4.41. The van der Waals surface area contributed by atoms with E-state index in [4.69, 9.17) is 0 Å². The number of nitrogens with zero attached hydrogens (tertiary/aromatic N) is 1. The van der Waals surface area contributed by atoms with Crippen LogP contribution in [0.3, 0.4) is 0 Å². The summed E-state index contributed by atoms with van der Waals surface area (Å²) >= 11 is 0. The Morgan fingerprint density at radius 1 is 1.22 bits per heavy atom. The molecule has 2 heterocycles. The first-order valence-electron chi connectivity index (χ1n) is 6.59. The Morgan fingerprint density at radius 2 is 2.11 bits per heavy atom. The quantitative estimate of drug-likeness (QED) is 0.866. The van der Waals surface area contributed by atoms with Gasteiger partial charge in [0.1, 0.15) is 0 Å². The minimum Gasteiger partial charge on any atom is -0.310 e. The number of hydrogen-bond donors (Lipinski definition) is 1. The highest BCUT2D eigenvalue weighted by atomic mass is 14.9. The molecule has 0 bridgehead atoms. The van der Waals surface area contributed by atoms with Crippen molar-refractivity contribution >= 4 is 0 Å². The van der Waals surface area contributed by atoms with Gasteiger partial charge in [-0.1, -0.05) is 24.3 Å². The summed E-state index contributed by atoms with van der Waals surface area (Å²) in [6.07, 6.45) is 6.43. The molecule has 0 radical (unpaired) electrons. The molecular formula is C16H18N2. The van der Waals surface area contributed by atoms with Crippen LogP contribution in [0.2, 0.25) is 0 Å². The fourth-order valence-electron chi connectivity index (χ4n) is 2.66. The van der Waals surface area contributed by atoms with Gasteiger partial charge in [0, 0.05) is 24.0 Å². The van der Waals surface area contributed by atoms with E-state index in [2.05, 4.69) is 47.6 Å². The Hall–Kier alpha value is -1.67. The third kappa shape index (κ3) is 2.16. The van der Waals surface area contributed by atoms with Gasteiger partial charge in [0.2, 0.25) is 0 Å². The first-order valence-corrected chi connectivity index (χ1v) is 6.59. The van der Waals surface area contributed by atoms with E-state index in [0.29, 0.717) is 6.04 Å². The van der Waals surface area contributed by atoms with Gasteiger partial charge in [0.15, 0.2) is 0 Å². The van der Waals surface area contributed by atoms with E-state index in [1.165, 1.54) is 35.1 Å². The molecule has 2 heteroatoms. The van der Waals surface area contributed by atoms with Gasteiger partial charge in [-0.05, 0) is 49.1 Å². The first kappa shape index (κ1) is 11.4. The Bertz CT molecular complexity index is 542. The minimum atomic E-state index is 0.487. The third-order valence-corrected chi connectivity index (χ3v) is 3.68. The van der Waals surface area contributed by atoms with Crippen LogP contribution in [0.4, 0.5) is 0 Å². The lowest BCUT2D eigenvalue weighted by Gasteiger charge is -2.12. The Morgan fingerprint density at radius 3 is 2.89 bits per heavy atom. The molecule has 0 aliphatic carbocycles. The summed E-state index contributed by atoms with van der Waals surface area (Å²) < 4.78 is 0. The number of nitrogens with one attached hydrogen (secondary N) is 1. The van der Waals surface area contributed by atoms with E-state index in [0.717, 1.165) is 6.54 Å². The molecule has 2 aromatic rings. The largest absolute Gasteiger partial charge is 0.310 e. The first-order chi connectivity index (χ1) is 8.84. The van der Waals surface area contributed by atoms with E-state index in [1.54, 1.807) is 0 Å². The topological polar surface area (TPSA) is 24.9 Å². The molecule has 0 saturated carbocycles. The fourth-order valence-corrected chi connectivity index (χ4v) is 2.66. The number of pyridine rings is 1. The highest BCUT2D eigenvalue weighted by molar-refractivity contribution is 5.66. The van der Waals surface area contributed by atoms with E-state index < -0.39 is 0 Å². The van der Waals surface area contributed by atoms with Crippen molar-refractivity contribution in [3.63, 3.8) is 0 Å². The molecule has 0 spiro atoms. The maximum absolute atomic E-state index is 4.41. The van der Waals surface area contributed by atoms with Crippen LogP contribution in [0, 0.1) is 6.92 Å². The van der Waals surface area contributed by atoms with Crippen molar-refractivity contribution in [2.24, 2.45) is 0 Å². The molecule has 0 amide bonds. The van der Waals surface area contributed by atoms with Crippen LogP contribution in [0.1, 0.15) is 30.0 Å². The lowest BCUT2D eigenvalue weighted by Crippen LogP contribution is -2.13. The second-order valence-corrected chi connectivity index (χ2v) is 4.97. The van der Waals surface area contributed by atoms with E-state index in [9.17, 15) is 0 Å². The second kappa shape index (κ2) is 4.91. The summed E-state index contributed by atoms with van der Waals surface area (Å²) in [6, 6.07) is 11.2. The SMILES string of the molecule is Cc1ccccc1-c1cncc([C@@H]2CCCN2)c1. The summed E-state index contributed by atoms with van der Waals surface area (Å²) in [5.41, 5.74) is 5.12. The molecule has 1 aliphatic rings. The number of rotatable bonds is 2. The molecule has 1 N–H and O–H groups in total. The van der Waals surface area contributed by atoms with Crippen molar-refractivity contribution < 1.29 is 0 Å². The van der Waals surface area contributed by atoms with Crippen LogP contribution in [-0.2, 0) is 0 Å². The zero-order chi connectivity index (χ0) is 12.4. The number of benzene rings is 1. The highest BCUT2D eigenvalue weighted by Gasteiger charge is 2.16. The average molecular weight is 238 g/mol. The molecular weight excluding hydrogens is 220 g/mol. The number of hydrogen-bond acceptors (Lipinski definition) is 2. The lowest BCUT2D eigenvalue weighted by molar-refractivity contribution is 0.645. The van der Waals surface area contributed by atoms with Gasteiger partial charge in [-0.2, -0.15) is 0 Å². The van der Waals surface area contributed by atoms with Gasteiger partial charge in [0.05, 0.1) is 0 Å². The van der Waals surface area contributed by atoms with Crippen molar-refractivity contribution in [2.45, 2.75) is 25.8 Å². The normalized spacial score (nSPS) is 19.1. The number of aromatic nitrogens is 1. The smallest absolute Gasteiger partial charge is 0.0346 e. The predicted molar refractivity (Wildman–Crippen MR) is 74.4 cm³/mol. The maximum atomic E-state index is 4.41. The van der Waals surface area contributed by atoms with Crippen LogP contribution in [0.15, 0.2) is 42.7 Å². The zero-order valence-corrected chi connectivity index (χ0v) is 10.7. The lowest BCUT2D eigenvalue weighted by atomic mass is 9.99. The zero-order valence-electron chi connectivity index (χ0n) is 10.7. The Balaban J connectivity index is 1.98. The van der Waals surface area contributed by atoms with Crippen molar-refractivity contribution in [3.05, 3.63) is 53.9 Å². The van der Waals surface area contributed by atoms with Gasteiger partial charge in [-0.25, -0.2) is 0 Å². The molecule has 1 atom stereocenters. The maximum Gasteiger partial charge on any atom is 0.0346 e. The van der Waals surface area contributed by atoms with E-state index >= 15 is 0 Å². The molecule has 1 fully saturated rings. The van der Waals surface area contributed by atoms with Crippen LogP contribution >= 0.6 is 0 Å². The molecule has 18 heavy (non-hydrogen) atoms. The monoisotopic (exact) mass is 238 g/mol. The summed E-state index contributed by atoms with van der Waals surface area (Å²) in [5, 5.41) is 3.53. The van der Waals surface area contributed by atoms with E-state index in [1.807, 2.05) is 12.4 Å². The van der Waals surface area contributed by atoms with Gasteiger partial charge < -0.3 is 5.32 Å². The fraction of sp³-hybridized carbons (Fsp3) is 0.312. The Kier molecular flexibility index (Phi) is 3.11. The van der Waals surface area contributed by atoms with E-state index in [-0.39, 0.29) is 0 Å². The summed E-state index contributed by atoms with van der Waals surface area (Å²) in [5.74, 6) is 0. The van der Waals surface area contributed by atoms with Gasteiger partial charge in [-0.15, -0.1) is 0 Å². The van der Waals surface area contributed by atoms with Crippen molar-refractivity contribution in [1.82, 2.24) is 10.3 Å². The van der Waals surface area contributed by atoms with Crippen LogP contribution in [0.5, 0.6) is 0 Å². The molecule has 0 unspecified atom stereocenters. The van der Waals surface area contributed by atoms with Crippen LogP contribution < -0.4 is 5.32 Å². The van der Waals surface area contributed by atoms with Crippen molar-refractivity contribution in [1.29, 1.82) is 0 Å². The van der Waals surface area contributed by atoms with Crippen molar-refractivity contribution in [2.75, 3.05) is 6.54 Å². The average Bonchev–Trinajstić information content (AvgIpc) is 2.93. The highest BCUT2D eigenvalue weighted by Crippen LogP contribution is 2.28. The van der Waals surface area contributed by atoms with Crippen molar-refractivity contribution in [3.8, 4) is 11.1 Å². The molecule has 92 valence electrons. The molecule has 1 aliphatic heterocycles. The molecule has 1 aromatic heterocycles. The number of aryl methyl sites for hydroxylation is 1. The van der Waals surface area contributed by atoms with Gasteiger partial charge >= 0.3 is 0 Å². The predicted octanol–water partition coefficient (Wildman–Crippen LogP) is 3.48. The minimum absolute atomic E-state index is 0.487. The molecule has 1 saturated heterocycles. The summed E-state index contributed by atoms with van der Waals surface area (Å²) in [6.45, 7) is 3.27. The van der Waals surface area contributed by atoms with Gasteiger partial charge in [0.25, 0.3) is 0 Å². The van der Waals surface area contributed by atoms with Crippen LogP contribution in [-0.4, -0.2) is 11.5 Å². The molecule has 3 rings (SSSR count). The van der Waals surface area contributed by atoms with Crippen LogP contribution in [0.25, 0.3) is 11.1 Å². The standard InChI is InChI=1S/C16H18N2/c1-12-5-2-3-6-15(12)13-9-14(11-17-10-13)16-7-4-8-18-16/h2-3,5-6,9-11,16,18H,4,7-8H2,1H3/t16-/m0/s1. The molecule has 2 nitrogen and oxygen atoms in total.